The summed E-state index contributed by atoms with van der Waals surface area (Å²) in [6.45, 7) is 7.52. The highest BCUT2D eigenvalue weighted by molar-refractivity contribution is 7.20. The maximum atomic E-state index is 13.7. The molecule has 2 heterocycles. The van der Waals surface area contributed by atoms with E-state index in [9.17, 15) is 9.59 Å². The molecule has 4 aromatic rings. The first kappa shape index (κ1) is 23.0. The van der Waals surface area contributed by atoms with Crippen LogP contribution in [0, 0.1) is 6.92 Å². The van der Waals surface area contributed by atoms with Crippen LogP contribution in [0.15, 0.2) is 60.7 Å². The second kappa shape index (κ2) is 9.00. The fraction of sp³-hybridized carbons (Fsp3) is 0.240. The van der Waals surface area contributed by atoms with Crippen LogP contribution in [0.25, 0.3) is 15.9 Å². The van der Waals surface area contributed by atoms with Crippen LogP contribution in [0.5, 0.6) is 0 Å². The lowest BCUT2D eigenvalue weighted by Crippen LogP contribution is -2.47. The number of aromatic nitrogens is 2. The van der Waals surface area contributed by atoms with Crippen LogP contribution in [-0.2, 0) is 4.79 Å². The molecule has 0 aliphatic heterocycles. The highest BCUT2D eigenvalue weighted by Gasteiger charge is 2.26. The van der Waals surface area contributed by atoms with E-state index in [1.54, 1.807) is 24.3 Å². The number of benzene rings is 2. The van der Waals surface area contributed by atoms with E-state index < -0.39 is 5.54 Å². The Kier molecular flexibility index (Phi) is 6.28. The molecular formula is C25H25ClN4O2S. The minimum atomic E-state index is -0.409. The van der Waals surface area contributed by atoms with E-state index in [1.807, 2.05) is 68.8 Å². The SMILES string of the molecule is Cc1nn(-c2ccccc2)c2sc(C(=O)N(CC(=O)NC(C)(C)C)c3cccc(Cl)c3)cc12. The normalized spacial score (nSPS) is 11.5. The standard InChI is InChI=1S/C25H25ClN4O2S/c1-16-20-14-21(33-24(20)30(28-16)18-10-6-5-7-11-18)23(32)29(15-22(31)27-25(2,3)4)19-12-8-9-17(26)13-19/h5-14H,15H2,1-4H3,(H,27,31). The first-order chi connectivity index (χ1) is 15.6. The molecule has 0 aliphatic rings. The summed E-state index contributed by atoms with van der Waals surface area (Å²) in [7, 11) is 0. The van der Waals surface area contributed by atoms with E-state index in [1.165, 1.54) is 16.2 Å². The molecule has 6 nitrogen and oxygen atoms in total. The van der Waals surface area contributed by atoms with Gasteiger partial charge in [0.1, 0.15) is 11.4 Å². The van der Waals surface area contributed by atoms with Crippen LogP contribution in [-0.4, -0.2) is 33.7 Å². The van der Waals surface area contributed by atoms with Gasteiger partial charge in [-0.2, -0.15) is 5.10 Å². The Morgan fingerprint density at radius 3 is 2.48 bits per heavy atom. The van der Waals surface area contributed by atoms with Gasteiger partial charge in [-0.15, -0.1) is 11.3 Å². The zero-order valence-electron chi connectivity index (χ0n) is 18.9. The molecule has 0 atom stereocenters. The Morgan fingerprint density at radius 1 is 1.09 bits per heavy atom. The molecule has 33 heavy (non-hydrogen) atoms. The predicted octanol–water partition coefficient (Wildman–Crippen LogP) is 5.61. The number of carbonyl (C=O) groups excluding carboxylic acids is 2. The molecule has 170 valence electrons. The van der Waals surface area contributed by atoms with Crippen molar-refractivity contribution >= 4 is 50.7 Å². The monoisotopic (exact) mass is 480 g/mol. The molecule has 2 aromatic carbocycles. The summed E-state index contributed by atoms with van der Waals surface area (Å²) in [5, 5.41) is 8.98. The summed E-state index contributed by atoms with van der Waals surface area (Å²) >= 11 is 7.55. The molecule has 1 N–H and O–H groups in total. The Labute approximate surface area is 201 Å². The van der Waals surface area contributed by atoms with Gasteiger partial charge in [0, 0.05) is 21.6 Å². The maximum absolute atomic E-state index is 13.7. The molecule has 0 unspecified atom stereocenters. The molecule has 2 amide bonds. The zero-order chi connectivity index (χ0) is 23.8. The van der Waals surface area contributed by atoms with E-state index in [0.29, 0.717) is 15.6 Å². The van der Waals surface area contributed by atoms with Gasteiger partial charge < -0.3 is 5.32 Å². The fourth-order valence-electron chi connectivity index (χ4n) is 3.56. The van der Waals surface area contributed by atoms with Gasteiger partial charge >= 0.3 is 0 Å². The van der Waals surface area contributed by atoms with Gasteiger partial charge in [-0.3, -0.25) is 14.5 Å². The number of carbonyl (C=O) groups is 2. The summed E-state index contributed by atoms with van der Waals surface area (Å²) in [6, 6.07) is 18.6. The first-order valence-electron chi connectivity index (χ1n) is 10.6. The Bertz CT molecular complexity index is 1320. The summed E-state index contributed by atoms with van der Waals surface area (Å²) in [5.74, 6) is -0.509. The number of nitrogens with one attached hydrogen (secondary N) is 1. The third kappa shape index (κ3) is 5.10. The van der Waals surface area contributed by atoms with Gasteiger partial charge in [0.2, 0.25) is 5.91 Å². The summed E-state index contributed by atoms with van der Waals surface area (Å²) in [5.41, 5.74) is 1.92. The van der Waals surface area contributed by atoms with E-state index in [0.717, 1.165) is 21.6 Å². The maximum Gasteiger partial charge on any atom is 0.268 e. The summed E-state index contributed by atoms with van der Waals surface area (Å²) in [6.07, 6.45) is 0. The van der Waals surface area contributed by atoms with Gasteiger partial charge in [0.25, 0.3) is 5.91 Å². The van der Waals surface area contributed by atoms with Gasteiger partial charge in [-0.1, -0.05) is 35.9 Å². The van der Waals surface area contributed by atoms with Gasteiger partial charge in [-0.25, -0.2) is 4.68 Å². The Morgan fingerprint density at radius 2 is 1.82 bits per heavy atom. The van der Waals surface area contributed by atoms with Crippen molar-refractivity contribution in [3.63, 3.8) is 0 Å². The number of hydrogen-bond donors (Lipinski definition) is 1. The number of thiophene rings is 1. The number of aryl methyl sites for hydroxylation is 1. The second-order valence-corrected chi connectivity index (χ2v) is 10.3. The van der Waals surface area contributed by atoms with Gasteiger partial charge in [0.15, 0.2) is 0 Å². The predicted molar refractivity (Wildman–Crippen MR) is 135 cm³/mol. The molecule has 0 bridgehead atoms. The van der Waals surface area contributed by atoms with Crippen molar-refractivity contribution < 1.29 is 9.59 Å². The number of hydrogen-bond acceptors (Lipinski definition) is 4. The van der Waals surface area contributed by atoms with Crippen LogP contribution >= 0.6 is 22.9 Å². The molecule has 0 saturated heterocycles. The third-order valence-electron chi connectivity index (χ3n) is 4.94. The molecule has 0 fully saturated rings. The smallest absolute Gasteiger partial charge is 0.268 e. The average Bonchev–Trinajstić information content (AvgIpc) is 3.31. The minimum Gasteiger partial charge on any atom is -0.350 e. The average molecular weight is 481 g/mol. The minimum absolute atomic E-state index is 0.117. The Balaban J connectivity index is 1.73. The van der Waals surface area contributed by atoms with E-state index >= 15 is 0 Å². The third-order valence-corrected chi connectivity index (χ3v) is 6.27. The molecule has 2 aromatic heterocycles. The lowest BCUT2D eigenvalue weighted by atomic mass is 10.1. The number of amides is 2. The van der Waals surface area contributed by atoms with Crippen LogP contribution in [0.3, 0.4) is 0 Å². The number of halogens is 1. The quantitative estimate of drug-likeness (QED) is 0.403. The van der Waals surface area contributed by atoms with Crippen LogP contribution in [0.2, 0.25) is 5.02 Å². The van der Waals surface area contributed by atoms with Crippen LogP contribution in [0.4, 0.5) is 5.69 Å². The van der Waals surface area contributed by atoms with Crippen molar-refractivity contribution in [3.8, 4) is 5.69 Å². The Hall–Kier alpha value is -3.16. The van der Waals surface area contributed by atoms with Crippen LogP contribution in [0.1, 0.15) is 36.1 Å². The molecule has 4 rings (SSSR count). The number of fused-ring (bicyclic) bond motifs is 1. The first-order valence-corrected chi connectivity index (χ1v) is 11.7. The van der Waals surface area contributed by atoms with E-state index in [2.05, 4.69) is 10.4 Å². The van der Waals surface area contributed by atoms with Crippen molar-refractivity contribution in [1.82, 2.24) is 15.1 Å². The van der Waals surface area contributed by atoms with Crippen molar-refractivity contribution in [3.05, 3.63) is 76.3 Å². The zero-order valence-corrected chi connectivity index (χ0v) is 20.5. The highest BCUT2D eigenvalue weighted by atomic mass is 35.5. The summed E-state index contributed by atoms with van der Waals surface area (Å²) < 4.78 is 1.85. The molecule has 0 spiro atoms. The van der Waals surface area contributed by atoms with Crippen molar-refractivity contribution in [2.45, 2.75) is 33.2 Å². The fourth-order valence-corrected chi connectivity index (χ4v) is 4.87. The lowest BCUT2D eigenvalue weighted by Gasteiger charge is -2.26. The molecule has 0 aliphatic carbocycles. The number of rotatable bonds is 5. The van der Waals surface area contributed by atoms with Crippen LogP contribution < -0.4 is 10.2 Å². The second-order valence-electron chi connectivity index (χ2n) is 8.83. The largest absolute Gasteiger partial charge is 0.350 e. The van der Waals surface area contributed by atoms with Crippen molar-refractivity contribution in [2.75, 3.05) is 11.4 Å². The van der Waals surface area contributed by atoms with Crippen molar-refractivity contribution in [1.29, 1.82) is 0 Å². The number of para-hydroxylation sites is 1. The topological polar surface area (TPSA) is 67.2 Å². The van der Waals surface area contributed by atoms with Gasteiger partial charge in [-0.05, 0) is 64.1 Å². The number of nitrogens with zero attached hydrogens (tertiary/aromatic N) is 3. The van der Waals surface area contributed by atoms with E-state index in [-0.39, 0.29) is 18.4 Å². The highest BCUT2D eigenvalue weighted by Crippen LogP contribution is 2.32. The lowest BCUT2D eigenvalue weighted by molar-refractivity contribution is -0.121. The van der Waals surface area contributed by atoms with Crippen molar-refractivity contribution in [2.24, 2.45) is 0 Å². The molecular weight excluding hydrogens is 456 g/mol. The molecule has 0 saturated carbocycles. The molecule has 8 heteroatoms. The molecule has 0 radical (unpaired) electrons. The van der Waals surface area contributed by atoms with Gasteiger partial charge in [0.05, 0.1) is 16.3 Å². The van der Waals surface area contributed by atoms with E-state index in [4.69, 9.17) is 11.6 Å². The summed E-state index contributed by atoms with van der Waals surface area (Å²) in [4.78, 5) is 29.3. The number of anilines is 1.